The van der Waals surface area contributed by atoms with Gasteiger partial charge in [-0.25, -0.2) is 4.79 Å². The van der Waals surface area contributed by atoms with Crippen molar-refractivity contribution in [2.45, 2.75) is 31.9 Å². The number of carbonyl (C=O) groups is 1. The molecule has 24 heavy (non-hydrogen) atoms. The maximum atomic E-state index is 12.3. The summed E-state index contributed by atoms with van der Waals surface area (Å²) >= 11 is 0. The number of anilines is 1. The highest BCUT2D eigenvalue weighted by Crippen LogP contribution is 2.26. The van der Waals surface area contributed by atoms with Gasteiger partial charge >= 0.3 is 6.03 Å². The Morgan fingerprint density at radius 1 is 1.33 bits per heavy atom. The standard InChI is InChI=1S/C18H24N4O2/c1-21(13-15-8-5-9-16(15)23)18(24)19-17-10-11-22(20-17)12-14-6-3-2-4-7-14/h2-4,6-7,10-11,15-16,23H,5,8-9,12-13H2,1H3,(H,19,20,24). The summed E-state index contributed by atoms with van der Waals surface area (Å²) in [7, 11) is 1.75. The van der Waals surface area contributed by atoms with Crippen LogP contribution in [0.1, 0.15) is 24.8 Å². The smallest absolute Gasteiger partial charge is 0.322 e. The molecule has 0 radical (unpaired) electrons. The minimum absolute atomic E-state index is 0.177. The van der Waals surface area contributed by atoms with Gasteiger partial charge < -0.3 is 10.0 Å². The summed E-state index contributed by atoms with van der Waals surface area (Å²) in [4.78, 5) is 13.9. The van der Waals surface area contributed by atoms with E-state index in [2.05, 4.69) is 10.4 Å². The largest absolute Gasteiger partial charge is 0.393 e. The molecule has 1 fully saturated rings. The molecule has 0 saturated heterocycles. The van der Waals surface area contributed by atoms with Crippen molar-refractivity contribution in [3.63, 3.8) is 0 Å². The second kappa shape index (κ2) is 7.49. The molecule has 6 heteroatoms. The molecule has 128 valence electrons. The summed E-state index contributed by atoms with van der Waals surface area (Å²) in [6, 6.07) is 11.6. The van der Waals surface area contributed by atoms with Gasteiger partial charge in [-0.2, -0.15) is 5.10 Å². The van der Waals surface area contributed by atoms with Crippen molar-refractivity contribution < 1.29 is 9.90 Å². The van der Waals surface area contributed by atoms with Crippen molar-refractivity contribution in [1.82, 2.24) is 14.7 Å². The Labute approximate surface area is 142 Å². The normalized spacial score (nSPS) is 20.1. The molecule has 2 N–H and O–H groups in total. The van der Waals surface area contributed by atoms with E-state index in [-0.39, 0.29) is 18.1 Å². The van der Waals surface area contributed by atoms with E-state index >= 15 is 0 Å². The monoisotopic (exact) mass is 328 g/mol. The zero-order valence-electron chi connectivity index (χ0n) is 13.9. The highest BCUT2D eigenvalue weighted by atomic mass is 16.3. The molecule has 2 amide bonds. The first-order chi connectivity index (χ1) is 11.6. The van der Waals surface area contributed by atoms with E-state index in [4.69, 9.17) is 0 Å². The molecule has 1 aliphatic carbocycles. The molecule has 0 bridgehead atoms. The van der Waals surface area contributed by atoms with E-state index in [1.54, 1.807) is 22.7 Å². The molecule has 2 aromatic rings. The number of amides is 2. The van der Waals surface area contributed by atoms with E-state index < -0.39 is 0 Å². The van der Waals surface area contributed by atoms with Gasteiger partial charge in [-0.3, -0.25) is 10.00 Å². The van der Waals surface area contributed by atoms with Crippen molar-refractivity contribution >= 4 is 11.8 Å². The number of aliphatic hydroxyl groups excluding tert-OH is 1. The summed E-state index contributed by atoms with van der Waals surface area (Å²) in [6.07, 6.45) is 4.41. The van der Waals surface area contributed by atoms with E-state index in [0.717, 1.165) is 24.8 Å². The number of rotatable bonds is 5. The van der Waals surface area contributed by atoms with Gasteiger partial charge in [-0.1, -0.05) is 36.8 Å². The molecule has 1 aromatic carbocycles. The molecule has 2 unspecified atom stereocenters. The van der Waals surface area contributed by atoms with Crippen molar-refractivity contribution in [2.24, 2.45) is 5.92 Å². The van der Waals surface area contributed by atoms with Gasteiger partial charge in [0.25, 0.3) is 0 Å². The number of nitrogens with one attached hydrogen (secondary N) is 1. The number of aromatic nitrogens is 2. The van der Waals surface area contributed by atoms with Gasteiger partial charge in [0.2, 0.25) is 0 Å². The highest BCUT2D eigenvalue weighted by molar-refractivity contribution is 5.88. The number of urea groups is 1. The molecule has 0 aliphatic heterocycles. The van der Waals surface area contributed by atoms with Gasteiger partial charge in [-0.05, 0) is 18.4 Å². The van der Waals surface area contributed by atoms with Crippen molar-refractivity contribution in [3.05, 3.63) is 48.2 Å². The van der Waals surface area contributed by atoms with Crippen LogP contribution in [0.4, 0.5) is 10.6 Å². The number of nitrogens with zero attached hydrogens (tertiary/aromatic N) is 3. The number of benzene rings is 1. The maximum absolute atomic E-state index is 12.3. The van der Waals surface area contributed by atoms with Crippen LogP contribution in [0.25, 0.3) is 0 Å². The number of aliphatic hydroxyl groups is 1. The van der Waals surface area contributed by atoms with Gasteiger partial charge in [-0.15, -0.1) is 0 Å². The minimum Gasteiger partial charge on any atom is -0.393 e. The first-order valence-electron chi connectivity index (χ1n) is 8.39. The van der Waals surface area contributed by atoms with Crippen LogP contribution in [0.5, 0.6) is 0 Å². The van der Waals surface area contributed by atoms with Crippen LogP contribution in [0.15, 0.2) is 42.6 Å². The topological polar surface area (TPSA) is 70.4 Å². The third kappa shape index (κ3) is 4.14. The molecule has 6 nitrogen and oxygen atoms in total. The van der Waals surface area contributed by atoms with Crippen molar-refractivity contribution in [2.75, 3.05) is 18.9 Å². The van der Waals surface area contributed by atoms with Crippen molar-refractivity contribution in [1.29, 1.82) is 0 Å². The molecule has 1 heterocycles. The SMILES string of the molecule is CN(CC1CCCC1O)C(=O)Nc1ccn(Cc2ccccc2)n1. The summed E-state index contributed by atoms with van der Waals surface area (Å²) in [6.45, 7) is 1.23. The van der Waals surface area contributed by atoms with Gasteiger partial charge in [0, 0.05) is 31.8 Å². The predicted octanol–water partition coefficient (Wildman–Crippen LogP) is 2.56. The zero-order valence-corrected chi connectivity index (χ0v) is 13.9. The fraction of sp³-hybridized carbons (Fsp3) is 0.444. The fourth-order valence-electron chi connectivity index (χ4n) is 3.16. The molecule has 3 rings (SSSR count). The average Bonchev–Trinajstić information content (AvgIpc) is 3.18. The van der Waals surface area contributed by atoms with Crippen LogP contribution in [-0.2, 0) is 6.54 Å². The van der Waals surface area contributed by atoms with Gasteiger partial charge in [0.1, 0.15) is 0 Å². The van der Waals surface area contributed by atoms with Gasteiger partial charge in [0.05, 0.1) is 12.6 Å². The van der Waals surface area contributed by atoms with E-state index in [1.165, 1.54) is 0 Å². The Morgan fingerprint density at radius 3 is 2.83 bits per heavy atom. The molecular formula is C18H24N4O2. The number of carbonyl (C=O) groups excluding carboxylic acids is 1. The maximum Gasteiger partial charge on any atom is 0.322 e. The average molecular weight is 328 g/mol. The number of hydrogen-bond acceptors (Lipinski definition) is 3. The summed E-state index contributed by atoms with van der Waals surface area (Å²) in [5, 5.41) is 17.1. The van der Waals surface area contributed by atoms with Crippen LogP contribution < -0.4 is 5.32 Å². The molecule has 1 aromatic heterocycles. The Kier molecular flexibility index (Phi) is 5.15. The lowest BCUT2D eigenvalue weighted by Gasteiger charge is -2.23. The van der Waals surface area contributed by atoms with Crippen molar-refractivity contribution in [3.8, 4) is 0 Å². The van der Waals surface area contributed by atoms with Crippen LogP contribution in [-0.4, -0.2) is 45.5 Å². The van der Waals surface area contributed by atoms with E-state index in [1.807, 2.05) is 36.5 Å². The zero-order chi connectivity index (χ0) is 16.9. The lowest BCUT2D eigenvalue weighted by Crippen LogP contribution is -2.37. The van der Waals surface area contributed by atoms with Crippen LogP contribution in [0, 0.1) is 5.92 Å². The molecular weight excluding hydrogens is 304 g/mol. The van der Waals surface area contributed by atoms with E-state index in [0.29, 0.717) is 18.9 Å². The quantitative estimate of drug-likeness (QED) is 0.886. The van der Waals surface area contributed by atoms with Crippen LogP contribution in [0.2, 0.25) is 0 Å². The Bertz CT molecular complexity index is 671. The van der Waals surface area contributed by atoms with E-state index in [9.17, 15) is 9.90 Å². The predicted molar refractivity (Wildman–Crippen MR) is 92.8 cm³/mol. The first kappa shape index (κ1) is 16.5. The third-order valence-corrected chi connectivity index (χ3v) is 4.54. The summed E-state index contributed by atoms with van der Waals surface area (Å²) in [5.41, 5.74) is 1.16. The summed E-state index contributed by atoms with van der Waals surface area (Å²) < 4.78 is 1.80. The number of hydrogen-bond donors (Lipinski definition) is 2. The first-order valence-corrected chi connectivity index (χ1v) is 8.39. The Morgan fingerprint density at radius 2 is 2.12 bits per heavy atom. The third-order valence-electron chi connectivity index (χ3n) is 4.54. The summed E-state index contributed by atoms with van der Waals surface area (Å²) in [5.74, 6) is 0.714. The van der Waals surface area contributed by atoms with Crippen LogP contribution >= 0.6 is 0 Å². The second-order valence-electron chi connectivity index (χ2n) is 6.45. The second-order valence-corrected chi connectivity index (χ2v) is 6.45. The van der Waals surface area contributed by atoms with Crippen LogP contribution in [0.3, 0.4) is 0 Å². The van der Waals surface area contributed by atoms with Gasteiger partial charge in [0.15, 0.2) is 5.82 Å². The Hall–Kier alpha value is -2.34. The minimum atomic E-state index is -0.287. The highest BCUT2D eigenvalue weighted by Gasteiger charge is 2.27. The molecule has 1 saturated carbocycles. The molecule has 1 aliphatic rings. The fourth-order valence-corrected chi connectivity index (χ4v) is 3.16. The molecule has 0 spiro atoms. The molecule has 2 atom stereocenters. The lowest BCUT2D eigenvalue weighted by atomic mass is 10.1. The lowest BCUT2D eigenvalue weighted by molar-refractivity contribution is 0.116. The Balaban J connectivity index is 1.53.